The molecule has 1 aromatic carbocycles. The van der Waals surface area contributed by atoms with Crippen LogP contribution in [-0.2, 0) is 6.42 Å². The van der Waals surface area contributed by atoms with Gasteiger partial charge in [-0.15, -0.1) is 0 Å². The highest BCUT2D eigenvalue weighted by Crippen LogP contribution is 2.36. The lowest BCUT2D eigenvalue weighted by atomic mass is 9.84. The summed E-state index contributed by atoms with van der Waals surface area (Å²) in [5, 5.41) is 0.857. The minimum absolute atomic E-state index is 0.620. The van der Waals surface area contributed by atoms with E-state index in [2.05, 4.69) is 24.9 Å². The highest BCUT2D eigenvalue weighted by molar-refractivity contribution is 6.33. The molecule has 0 amide bonds. The lowest BCUT2D eigenvalue weighted by Gasteiger charge is -2.37. The van der Waals surface area contributed by atoms with Crippen LogP contribution < -0.4 is 10.6 Å². The maximum Gasteiger partial charge on any atom is 0.0642 e. The fraction of sp³-hybridized carbons (Fsp3) is 0.647. The largest absolute Gasteiger partial charge is 0.370 e. The molecule has 20 heavy (non-hydrogen) atoms. The van der Waals surface area contributed by atoms with Gasteiger partial charge in [0.05, 0.1) is 10.7 Å². The minimum Gasteiger partial charge on any atom is -0.370 e. The van der Waals surface area contributed by atoms with Gasteiger partial charge in [0, 0.05) is 13.1 Å². The van der Waals surface area contributed by atoms with Crippen LogP contribution in [0.25, 0.3) is 0 Å². The van der Waals surface area contributed by atoms with Crippen LogP contribution in [0, 0.1) is 5.92 Å². The van der Waals surface area contributed by atoms with Gasteiger partial charge in [-0.3, -0.25) is 0 Å². The third kappa shape index (κ3) is 3.48. The quantitative estimate of drug-likeness (QED) is 0.880. The molecule has 1 aliphatic rings. The van der Waals surface area contributed by atoms with E-state index in [0.29, 0.717) is 12.6 Å². The summed E-state index contributed by atoms with van der Waals surface area (Å²) >= 11 is 6.45. The molecule has 0 atom stereocenters. The monoisotopic (exact) mass is 294 g/mol. The SMILES string of the molecule is CCC1CCC(N(C)c2c(Cl)cccc2CCN)CC1. The maximum absolute atomic E-state index is 6.45. The van der Waals surface area contributed by atoms with Crippen molar-refractivity contribution in [3.63, 3.8) is 0 Å². The molecule has 0 unspecified atom stereocenters. The second kappa shape index (κ2) is 7.33. The van der Waals surface area contributed by atoms with Crippen molar-refractivity contribution in [3.05, 3.63) is 28.8 Å². The van der Waals surface area contributed by atoms with Crippen LogP contribution >= 0.6 is 11.6 Å². The summed E-state index contributed by atoms with van der Waals surface area (Å²) in [6.07, 6.45) is 7.47. The molecule has 1 aromatic rings. The van der Waals surface area contributed by atoms with Crippen LogP contribution in [0.4, 0.5) is 5.69 Å². The number of rotatable bonds is 5. The van der Waals surface area contributed by atoms with Gasteiger partial charge >= 0.3 is 0 Å². The standard InChI is InChI=1S/C17H27ClN2/c1-3-13-7-9-15(10-8-13)20(2)17-14(11-12-19)5-4-6-16(17)18/h4-6,13,15H,3,7-12,19H2,1-2H3. The van der Waals surface area contributed by atoms with Crippen molar-refractivity contribution >= 4 is 17.3 Å². The Morgan fingerprint density at radius 2 is 1.95 bits per heavy atom. The second-order valence-electron chi connectivity index (χ2n) is 5.98. The minimum atomic E-state index is 0.620. The van der Waals surface area contributed by atoms with E-state index >= 15 is 0 Å². The number of hydrogen-bond acceptors (Lipinski definition) is 2. The fourth-order valence-electron chi connectivity index (χ4n) is 3.44. The molecule has 2 rings (SSSR count). The second-order valence-corrected chi connectivity index (χ2v) is 6.39. The van der Waals surface area contributed by atoms with E-state index < -0.39 is 0 Å². The summed E-state index contributed by atoms with van der Waals surface area (Å²) in [6.45, 7) is 2.98. The van der Waals surface area contributed by atoms with Gasteiger partial charge in [0.1, 0.15) is 0 Å². The lowest BCUT2D eigenvalue weighted by molar-refractivity contribution is 0.313. The number of benzene rings is 1. The molecule has 0 bridgehead atoms. The van der Waals surface area contributed by atoms with Crippen molar-refractivity contribution in [2.75, 3.05) is 18.5 Å². The lowest BCUT2D eigenvalue weighted by Crippen LogP contribution is -2.36. The summed E-state index contributed by atoms with van der Waals surface area (Å²) in [7, 11) is 2.19. The normalized spacial score (nSPS) is 22.8. The van der Waals surface area contributed by atoms with Crippen LogP contribution in [0.5, 0.6) is 0 Å². The Hall–Kier alpha value is -0.730. The van der Waals surface area contributed by atoms with Crippen LogP contribution in [0.2, 0.25) is 5.02 Å². The van der Waals surface area contributed by atoms with Gasteiger partial charge in [-0.2, -0.15) is 0 Å². The number of para-hydroxylation sites is 1. The van der Waals surface area contributed by atoms with E-state index in [1.54, 1.807) is 0 Å². The number of nitrogens with two attached hydrogens (primary N) is 1. The molecule has 0 heterocycles. The summed E-state index contributed by atoms with van der Waals surface area (Å²) in [5.41, 5.74) is 8.20. The molecule has 0 aromatic heterocycles. The maximum atomic E-state index is 6.45. The van der Waals surface area contributed by atoms with Crippen molar-refractivity contribution in [3.8, 4) is 0 Å². The topological polar surface area (TPSA) is 29.3 Å². The fourth-order valence-corrected chi connectivity index (χ4v) is 3.76. The van der Waals surface area contributed by atoms with E-state index in [-0.39, 0.29) is 0 Å². The Labute approximate surface area is 128 Å². The first kappa shape index (κ1) is 15.7. The van der Waals surface area contributed by atoms with Crippen LogP contribution in [-0.4, -0.2) is 19.6 Å². The zero-order valence-corrected chi connectivity index (χ0v) is 13.5. The van der Waals surface area contributed by atoms with E-state index in [4.69, 9.17) is 17.3 Å². The van der Waals surface area contributed by atoms with Crippen molar-refractivity contribution in [2.45, 2.75) is 51.5 Å². The van der Waals surface area contributed by atoms with Crippen LogP contribution in [0.15, 0.2) is 18.2 Å². The molecule has 0 saturated heterocycles. The first-order chi connectivity index (χ1) is 9.67. The van der Waals surface area contributed by atoms with Gasteiger partial charge in [-0.05, 0) is 56.2 Å². The van der Waals surface area contributed by atoms with Gasteiger partial charge < -0.3 is 10.6 Å². The smallest absolute Gasteiger partial charge is 0.0642 e. The van der Waals surface area contributed by atoms with Crippen LogP contribution in [0.1, 0.15) is 44.6 Å². The third-order valence-corrected chi connectivity index (χ3v) is 5.08. The highest BCUT2D eigenvalue weighted by atomic mass is 35.5. The first-order valence-electron chi connectivity index (χ1n) is 7.87. The molecular weight excluding hydrogens is 268 g/mol. The molecule has 0 radical (unpaired) electrons. The zero-order valence-electron chi connectivity index (χ0n) is 12.7. The number of hydrogen-bond donors (Lipinski definition) is 1. The van der Waals surface area contributed by atoms with Crippen LogP contribution in [0.3, 0.4) is 0 Å². The van der Waals surface area contributed by atoms with Gasteiger partial charge in [-0.25, -0.2) is 0 Å². The Balaban J connectivity index is 2.14. The third-order valence-electron chi connectivity index (χ3n) is 4.78. The van der Waals surface area contributed by atoms with Crippen molar-refractivity contribution in [2.24, 2.45) is 11.7 Å². The highest BCUT2D eigenvalue weighted by Gasteiger charge is 2.25. The molecule has 0 spiro atoms. The van der Waals surface area contributed by atoms with Crippen molar-refractivity contribution in [1.82, 2.24) is 0 Å². The summed E-state index contributed by atoms with van der Waals surface area (Å²) in [5.74, 6) is 0.925. The van der Waals surface area contributed by atoms with Crippen molar-refractivity contribution in [1.29, 1.82) is 0 Å². The van der Waals surface area contributed by atoms with E-state index in [0.717, 1.165) is 17.4 Å². The predicted octanol–water partition coefficient (Wildman–Crippen LogP) is 4.25. The average molecular weight is 295 g/mol. The summed E-state index contributed by atoms with van der Waals surface area (Å²) < 4.78 is 0. The zero-order chi connectivity index (χ0) is 14.5. The first-order valence-corrected chi connectivity index (χ1v) is 8.25. The Morgan fingerprint density at radius 1 is 1.25 bits per heavy atom. The average Bonchev–Trinajstić information content (AvgIpc) is 2.47. The van der Waals surface area contributed by atoms with Gasteiger partial charge in [0.2, 0.25) is 0 Å². The van der Waals surface area contributed by atoms with E-state index in [1.807, 2.05) is 12.1 Å². The number of halogens is 1. The molecule has 2 N–H and O–H groups in total. The van der Waals surface area contributed by atoms with E-state index in [1.165, 1.54) is 43.4 Å². The Bertz CT molecular complexity index is 425. The van der Waals surface area contributed by atoms with Crippen molar-refractivity contribution < 1.29 is 0 Å². The molecule has 0 aliphatic heterocycles. The summed E-state index contributed by atoms with van der Waals surface area (Å²) in [4.78, 5) is 2.40. The molecule has 1 saturated carbocycles. The Morgan fingerprint density at radius 3 is 2.55 bits per heavy atom. The molecule has 1 aliphatic carbocycles. The number of nitrogens with zero attached hydrogens (tertiary/aromatic N) is 1. The molecule has 112 valence electrons. The van der Waals surface area contributed by atoms with E-state index in [9.17, 15) is 0 Å². The summed E-state index contributed by atoms with van der Waals surface area (Å²) in [6, 6.07) is 6.79. The predicted molar refractivity (Wildman–Crippen MR) is 88.7 cm³/mol. The Kier molecular flexibility index (Phi) is 5.74. The van der Waals surface area contributed by atoms with Gasteiger partial charge in [-0.1, -0.05) is 37.1 Å². The van der Waals surface area contributed by atoms with Gasteiger partial charge in [0.15, 0.2) is 0 Å². The number of anilines is 1. The molecule has 3 heteroatoms. The molecule has 2 nitrogen and oxygen atoms in total. The van der Waals surface area contributed by atoms with Gasteiger partial charge in [0.25, 0.3) is 0 Å². The molecular formula is C17H27ClN2. The molecule has 1 fully saturated rings.